The summed E-state index contributed by atoms with van der Waals surface area (Å²) in [6, 6.07) is 13.4. The Balaban J connectivity index is 1.69. The van der Waals surface area contributed by atoms with E-state index in [-0.39, 0.29) is 17.6 Å². The Morgan fingerprint density at radius 3 is 2.61 bits per heavy atom. The highest BCUT2D eigenvalue weighted by atomic mass is 19.1. The number of amides is 1. The van der Waals surface area contributed by atoms with Gasteiger partial charge in [0.1, 0.15) is 5.82 Å². The molecule has 0 saturated carbocycles. The summed E-state index contributed by atoms with van der Waals surface area (Å²) in [7, 11) is 0. The molecule has 0 radical (unpaired) electrons. The van der Waals surface area contributed by atoms with Crippen LogP contribution in [0.4, 0.5) is 4.39 Å². The van der Waals surface area contributed by atoms with Crippen LogP contribution in [0.15, 0.2) is 52.9 Å². The van der Waals surface area contributed by atoms with Crippen molar-refractivity contribution in [1.82, 2.24) is 15.5 Å². The number of carbonyl (C=O) groups is 1. The molecule has 1 heterocycles. The molecule has 1 N–H and O–H groups in total. The van der Waals surface area contributed by atoms with Gasteiger partial charge in [-0.25, -0.2) is 4.39 Å². The number of hydrogen-bond donors (Lipinski definition) is 1. The monoisotopic (exact) mass is 311 g/mol. The lowest BCUT2D eigenvalue weighted by atomic mass is 10.1. The third kappa shape index (κ3) is 3.42. The molecule has 1 amide bonds. The van der Waals surface area contributed by atoms with E-state index < -0.39 is 5.91 Å². The first kappa shape index (κ1) is 14.9. The van der Waals surface area contributed by atoms with Gasteiger partial charge in [-0.2, -0.15) is 0 Å². The number of hydrogen-bond acceptors (Lipinski definition) is 4. The highest BCUT2D eigenvalue weighted by Crippen LogP contribution is 2.18. The summed E-state index contributed by atoms with van der Waals surface area (Å²) in [4.78, 5) is 12.1. The van der Waals surface area contributed by atoms with Crippen molar-refractivity contribution in [2.24, 2.45) is 0 Å². The average Bonchev–Trinajstić information content (AvgIpc) is 3.04. The van der Waals surface area contributed by atoms with Crippen LogP contribution in [0.2, 0.25) is 0 Å². The molecule has 0 unspecified atom stereocenters. The molecule has 0 saturated heterocycles. The number of halogens is 1. The molecule has 3 aromatic rings. The molecule has 1 aromatic heterocycles. The fraction of sp³-hybridized carbons (Fsp3) is 0.118. The normalized spacial score (nSPS) is 10.5. The predicted octanol–water partition coefficient (Wildman–Crippen LogP) is 3.11. The average molecular weight is 311 g/mol. The molecule has 23 heavy (non-hydrogen) atoms. The van der Waals surface area contributed by atoms with Gasteiger partial charge in [-0.05, 0) is 42.3 Å². The molecule has 5 nitrogen and oxygen atoms in total. The smallest absolute Gasteiger partial charge is 0.309 e. The van der Waals surface area contributed by atoms with Crippen LogP contribution >= 0.6 is 0 Å². The third-order valence-corrected chi connectivity index (χ3v) is 3.41. The van der Waals surface area contributed by atoms with Crippen molar-refractivity contribution in [2.75, 3.05) is 0 Å². The van der Waals surface area contributed by atoms with Crippen LogP contribution in [-0.4, -0.2) is 16.1 Å². The standard InChI is InChI=1S/C17H14FN3O2/c1-11-4-2-3-5-13(11)10-19-15(22)17-21-20-16(23-17)12-6-8-14(18)9-7-12/h2-9H,10H2,1H3,(H,19,22). The zero-order chi connectivity index (χ0) is 16.2. The molecule has 0 atom stereocenters. The van der Waals surface area contributed by atoms with E-state index in [0.29, 0.717) is 12.1 Å². The summed E-state index contributed by atoms with van der Waals surface area (Å²) >= 11 is 0. The fourth-order valence-electron chi connectivity index (χ4n) is 2.08. The van der Waals surface area contributed by atoms with Crippen LogP contribution in [0.5, 0.6) is 0 Å². The van der Waals surface area contributed by atoms with E-state index in [1.165, 1.54) is 24.3 Å². The molecule has 2 aromatic carbocycles. The molecule has 3 rings (SSSR count). The van der Waals surface area contributed by atoms with Crippen LogP contribution in [-0.2, 0) is 6.54 Å². The SMILES string of the molecule is Cc1ccccc1CNC(=O)c1nnc(-c2ccc(F)cc2)o1. The number of aromatic nitrogens is 2. The van der Waals surface area contributed by atoms with Gasteiger partial charge in [0.15, 0.2) is 0 Å². The first-order valence-corrected chi connectivity index (χ1v) is 7.05. The molecule has 6 heteroatoms. The number of nitrogens with zero attached hydrogens (tertiary/aromatic N) is 2. The Bertz CT molecular complexity index is 828. The van der Waals surface area contributed by atoms with Crippen molar-refractivity contribution in [3.63, 3.8) is 0 Å². The zero-order valence-corrected chi connectivity index (χ0v) is 12.4. The van der Waals surface area contributed by atoms with Crippen molar-refractivity contribution in [3.8, 4) is 11.5 Å². The van der Waals surface area contributed by atoms with Gasteiger partial charge in [0, 0.05) is 12.1 Å². The summed E-state index contributed by atoms with van der Waals surface area (Å²) < 4.78 is 18.2. The number of rotatable bonds is 4. The van der Waals surface area contributed by atoms with Gasteiger partial charge in [0.2, 0.25) is 5.89 Å². The molecule has 0 aliphatic heterocycles. The Hall–Kier alpha value is -3.02. The van der Waals surface area contributed by atoms with Crippen molar-refractivity contribution in [2.45, 2.75) is 13.5 Å². The summed E-state index contributed by atoms with van der Waals surface area (Å²) in [6.07, 6.45) is 0. The minimum absolute atomic E-state index is 0.127. The van der Waals surface area contributed by atoms with Gasteiger partial charge in [-0.1, -0.05) is 24.3 Å². The van der Waals surface area contributed by atoms with E-state index in [1.54, 1.807) is 0 Å². The van der Waals surface area contributed by atoms with Crippen LogP contribution in [0.1, 0.15) is 21.8 Å². The van der Waals surface area contributed by atoms with Gasteiger partial charge in [0.05, 0.1) is 0 Å². The topological polar surface area (TPSA) is 68.0 Å². The van der Waals surface area contributed by atoms with Gasteiger partial charge in [0.25, 0.3) is 0 Å². The van der Waals surface area contributed by atoms with Crippen LogP contribution < -0.4 is 5.32 Å². The second kappa shape index (κ2) is 6.39. The van der Waals surface area contributed by atoms with Gasteiger partial charge in [-0.3, -0.25) is 4.79 Å². The minimum atomic E-state index is -0.450. The van der Waals surface area contributed by atoms with Gasteiger partial charge < -0.3 is 9.73 Å². The highest BCUT2D eigenvalue weighted by Gasteiger charge is 2.15. The number of benzene rings is 2. The number of carbonyl (C=O) groups excluding carboxylic acids is 1. The van der Waals surface area contributed by atoms with E-state index in [0.717, 1.165) is 11.1 Å². The van der Waals surface area contributed by atoms with Crippen LogP contribution in [0, 0.1) is 12.7 Å². The third-order valence-electron chi connectivity index (χ3n) is 3.41. The van der Waals surface area contributed by atoms with Crippen LogP contribution in [0.25, 0.3) is 11.5 Å². The van der Waals surface area contributed by atoms with Crippen molar-refractivity contribution >= 4 is 5.91 Å². The number of aryl methyl sites for hydroxylation is 1. The quantitative estimate of drug-likeness (QED) is 0.804. The zero-order valence-electron chi connectivity index (χ0n) is 12.4. The van der Waals surface area contributed by atoms with Crippen molar-refractivity contribution < 1.29 is 13.6 Å². The molecule has 0 aliphatic carbocycles. The maximum absolute atomic E-state index is 12.9. The molecule has 0 bridgehead atoms. The molecule has 0 spiro atoms. The van der Waals surface area contributed by atoms with E-state index in [9.17, 15) is 9.18 Å². The summed E-state index contributed by atoms with van der Waals surface area (Å²) in [5.41, 5.74) is 2.65. The Labute approximate surface area is 132 Å². The van der Waals surface area contributed by atoms with Crippen molar-refractivity contribution in [1.29, 1.82) is 0 Å². The minimum Gasteiger partial charge on any atom is -0.412 e. The van der Waals surface area contributed by atoms with E-state index in [4.69, 9.17) is 4.42 Å². The van der Waals surface area contributed by atoms with Gasteiger partial charge in [-0.15, -0.1) is 10.2 Å². The largest absolute Gasteiger partial charge is 0.412 e. The lowest BCUT2D eigenvalue weighted by molar-refractivity contribution is 0.0917. The summed E-state index contributed by atoms with van der Waals surface area (Å²) in [6.45, 7) is 2.35. The molecular formula is C17H14FN3O2. The molecule has 116 valence electrons. The summed E-state index contributed by atoms with van der Waals surface area (Å²) in [5, 5.41) is 10.3. The first-order valence-electron chi connectivity index (χ1n) is 7.05. The molecular weight excluding hydrogens is 297 g/mol. The maximum atomic E-state index is 12.9. The molecule has 0 fully saturated rings. The van der Waals surface area contributed by atoms with Crippen molar-refractivity contribution in [3.05, 3.63) is 71.4 Å². The predicted molar refractivity (Wildman–Crippen MR) is 82.0 cm³/mol. The van der Waals surface area contributed by atoms with E-state index >= 15 is 0 Å². The maximum Gasteiger partial charge on any atom is 0.309 e. The number of nitrogens with one attached hydrogen (secondary N) is 1. The first-order chi connectivity index (χ1) is 11.1. The van der Waals surface area contributed by atoms with E-state index in [2.05, 4.69) is 15.5 Å². The lowest BCUT2D eigenvalue weighted by Gasteiger charge is -2.05. The summed E-state index contributed by atoms with van der Waals surface area (Å²) in [5.74, 6) is -0.762. The Morgan fingerprint density at radius 2 is 1.87 bits per heavy atom. The van der Waals surface area contributed by atoms with Crippen LogP contribution in [0.3, 0.4) is 0 Å². The fourth-order valence-corrected chi connectivity index (χ4v) is 2.08. The van der Waals surface area contributed by atoms with E-state index in [1.807, 2.05) is 31.2 Å². The second-order valence-electron chi connectivity index (χ2n) is 5.03. The highest BCUT2D eigenvalue weighted by molar-refractivity contribution is 5.89. The Morgan fingerprint density at radius 1 is 1.13 bits per heavy atom. The Kier molecular flexibility index (Phi) is 4.14. The molecule has 0 aliphatic rings. The second-order valence-corrected chi connectivity index (χ2v) is 5.03. The lowest BCUT2D eigenvalue weighted by Crippen LogP contribution is -2.23. The van der Waals surface area contributed by atoms with Gasteiger partial charge >= 0.3 is 11.8 Å².